The van der Waals surface area contributed by atoms with Crippen LogP contribution in [0, 0.1) is 0 Å². The van der Waals surface area contributed by atoms with Crippen molar-refractivity contribution in [3.63, 3.8) is 0 Å². The van der Waals surface area contributed by atoms with E-state index in [1.165, 1.54) is 0 Å². The summed E-state index contributed by atoms with van der Waals surface area (Å²) in [4.78, 5) is 47.8. The van der Waals surface area contributed by atoms with E-state index in [2.05, 4.69) is 53.4 Å². The molecule has 3 aliphatic rings. The van der Waals surface area contributed by atoms with Crippen LogP contribution in [-0.2, 0) is 24.0 Å². The molecule has 0 aromatic heterocycles. The quantitative estimate of drug-likeness (QED) is 0.557. The number of hydrogen-bond donors (Lipinski definition) is 0. The van der Waals surface area contributed by atoms with Crippen LogP contribution < -0.4 is 0 Å². The molecule has 2 aliphatic carbocycles. The first-order valence-electron chi connectivity index (χ1n) is 10.7. The summed E-state index contributed by atoms with van der Waals surface area (Å²) in [5.74, 6) is -1.03. The fourth-order valence-electron chi connectivity index (χ4n) is 2.25. The van der Waals surface area contributed by atoms with Gasteiger partial charge in [0.2, 0.25) is 0 Å². The van der Waals surface area contributed by atoms with Gasteiger partial charge in [-0.2, -0.15) is 0 Å². The Hall–Kier alpha value is -2.76. The summed E-state index contributed by atoms with van der Waals surface area (Å²) in [7, 11) is 0. The molecule has 6 heteroatoms. The largest absolute Gasteiger partial charge is 0.333 e. The SMILES string of the molecule is C1=CCC=C1.C1=CCC=C1.CCCC(=O)CC.CCCC(=O)ON1C(=O)CCC1=O. The van der Waals surface area contributed by atoms with E-state index in [1.807, 2.05) is 20.8 Å². The van der Waals surface area contributed by atoms with Crippen LogP contribution in [0.5, 0.6) is 0 Å². The molecule has 1 fully saturated rings. The van der Waals surface area contributed by atoms with Crippen LogP contribution in [-0.4, -0.2) is 28.6 Å². The van der Waals surface area contributed by atoms with Crippen LogP contribution in [0.25, 0.3) is 0 Å². The Balaban J connectivity index is 0.000000413. The first-order chi connectivity index (χ1) is 14.5. The zero-order valence-electron chi connectivity index (χ0n) is 18.5. The predicted octanol–water partition coefficient (Wildman–Crippen LogP) is 5.16. The van der Waals surface area contributed by atoms with Gasteiger partial charge in [0.25, 0.3) is 11.8 Å². The van der Waals surface area contributed by atoms with E-state index in [9.17, 15) is 19.2 Å². The molecule has 6 nitrogen and oxygen atoms in total. The van der Waals surface area contributed by atoms with Crippen LogP contribution in [0.3, 0.4) is 0 Å². The summed E-state index contributed by atoms with van der Waals surface area (Å²) in [5.41, 5.74) is 0. The van der Waals surface area contributed by atoms with Gasteiger partial charge in [0, 0.05) is 32.1 Å². The average Bonchev–Trinajstić information content (AvgIpc) is 3.52. The van der Waals surface area contributed by atoms with Gasteiger partial charge in [0.15, 0.2) is 0 Å². The molecule has 30 heavy (non-hydrogen) atoms. The summed E-state index contributed by atoms with van der Waals surface area (Å²) in [6.07, 6.45) is 22.6. The van der Waals surface area contributed by atoms with Crippen LogP contribution in [0.4, 0.5) is 0 Å². The van der Waals surface area contributed by atoms with E-state index < -0.39 is 17.8 Å². The lowest BCUT2D eigenvalue weighted by molar-refractivity contribution is -0.197. The summed E-state index contributed by atoms with van der Waals surface area (Å²) >= 11 is 0. The highest BCUT2D eigenvalue weighted by atomic mass is 16.7. The zero-order chi connectivity index (χ0) is 22.6. The lowest BCUT2D eigenvalue weighted by Crippen LogP contribution is -2.31. The van der Waals surface area contributed by atoms with E-state index in [4.69, 9.17) is 0 Å². The number of carbonyl (C=O) groups excluding carboxylic acids is 4. The maximum absolute atomic E-state index is 11.0. The molecule has 0 atom stereocenters. The monoisotopic (exact) mass is 417 g/mol. The van der Waals surface area contributed by atoms with Crippen molar-refractivity contribution in [3.05, 3.63) is 48.6 Å². The molecule has 0 radical (unpaired) electrons. The van der Waals surface area contributed by atoms with E-state index in [0.29, 0.717) is 23.7 Å². The van der Waals surface area contributed by atoms with Crippen molar-refractivity contribution in [2.75, 3.05) is 0 Å². The molecular formula is C24H35NO5. The fourth-order valence-corrected chi connectivity index (χ4v) is 2.25. The highest BCUT2D eigenvalue weighted by Gasteiger charge is 2.32. The standard InChI is InChI=1S/C8H11NO4.C6H12O.2C5H6/c1-2-3-8(12)13-9-6(10)4-5-7(9)11;1-3-5-6(7)4-2;2*1-2-4-5-3-1/h2-5H2,1H3;3-5H2,1-2H3;2*1-4H,5H2. The van der Waals surface area contributed by atoms with E-state index in [1.54, 1.807) is 0 Å². The van der Waals surface area contributed by atoms with Crippen LogP contribution in [0.1, 0.15) is 78.6 Å². The smallest absolute Gasteiger partial charge is 0.330 e. The number of carbonyl (C=O) groups is 4. The molecule has 1 saturated heterocycles. The number of rotatable bonds is 6. The van der Waals surface area contributed by atoms with Crippen molar-refractivity contribution in [2.45, 2.75) is 78.6 Å². The maximum atomic E-state index is 11.0. The minimum Gasteiger partial charge on any atom is -0.330 e. The molecular weight excluding hydrogens is 382 g/mol. The molecule has 0 aromatic rings. The zero-order valence-corrected chi connectivity index (χ0v) is 18.5. The number of ketones is 1. The molecule has 2 amide bonds. The third-order valence-electron chi connectivity index (χ3n) is 3.89. The lowest BCUT2D eigenvalue weighted by atomic mass is 10.2. The van der Waals surface area contributed by atoms with Crippen LogP contribution in [0.2, 0.25) is 0 Å². The van der Waals surface area contributed by atoms with E-state index in [-0.39, 0.29) is 19.3 Å². The molecule has 1 aliphatic heterocycles. The molecule has 0 N–H and O–H groups in total. The number of amides is 2. The Morgan fingerprint density at radius 3 is 1.50 bits per heavy atom. The number of nitrogens with zero attached hydrogens (tertiary/aromatic N) is 1. The second-order valence-electron chi connectivity index (χ2n) is 6.62. The predicted molar refractivity (Wildman–Crippen MR) is 118 cm³/mol. The third kappa shape index (κ3) is 14.3. The van der Waals surface area contributed by atoms with Gasteiger partial charge in [-0.1, -0.05) is 69.4 Å². The molecule has 0 unspecified atom stereocenters. The Labute approximate surface area is 180 Å². The number of hydroxylamine groups is 2. The Morgan fingerprint density at radius 1 is 0.800 bits per heavy atom. The Morgan fingerprint density at radius 2 is 1.23 bits per heavy atom. The highest BCUT2D eigenvalue weighted by Crippen LogP contribution is 2.12. The summed E-state index contributed by atoms with van der Waals surface area (Å²) in [6, 6.07) is 0. The van der Waals surface area contributed by atoms with Gasteiger partial charge >= 0.3 is 5.97 Å². The molecule has 0 spiro atoms. The third-order valence-corrected chi connectivity index (χ3v) is 3.89. The van der Waals surface area contributed by atoms with Gasteiger partial charge in [-0.25, -0.2) is 4.79 Å². The van der Waals surface area contributed by atoms with Crippen molar-refractivity contribution in [1.82, 2.24) is 5.06 Å². The topological polar surface area (TPSA) is 80.8 Å². The summed E-state index contributed by atoms with van der Waals surface area (Å²) < 4.78 is 0. The van der Waals surface area contributed by atoms with Crippen molar-refractivity contribution in [1.29, 1.82) is 0 Å². The van der Waals surface area contributed by atoms with Gasteiger partial charge in [0.1, 0.15) is 5.78 Å². The molecule has 166 valence electrons. The maximum Gasteiger partial charge on any atom is 0.333 e. The second-order valence-corrected chi connectivity index (χ2v) is 6.62. The van der Waals surface area contributed by atoms with Gasteiger partial charge < -0.3 is 4.84 Å². The Bertz CT molecular complexity index is 601. The first-order valence-corrected chi connectivity index (χ1v) is 10.7. The number of allylic oxidation sites excluding steroid dienone is 8. The second kappa shape index (κ2) is 18.3. The average molecular weight is 418 g/mol. The molecule has 0 bridgehead atoms. The van der Waals surface area contributed by atoms with E-state index in [0.717, 1.165) is 25.7 Å². The van der Waals surface area contributed by atoms with Crippen molar-refractivity contribution in [2.24, 2.45) is 0 Å². The van der Waals surface area contributed by atoms with Crippen molar-refractivity contribution >= 4 is 23.6 Å². The lowest BCUT2D eigenvalue weighted by Gasteiger charge is -2.11. The Kier molecular flexibility index (Phi) is 16.6. The van der Waals surface area contributed by atoms with Gasteiger partial charge in [-0.05, 0) is 25.7 Å². The molecule has 0 saturated carbocycles. The first kappa shape index (κ1) is 27.2. The summed E-state index contributed by atoms with van der Waals surface area (Å²) in [5, 5.41) is 0.567. The summed E-state index contributed by atoms with van der Waals surface area (Å²) in [6.45, 7) is 5.74. The van der Waals surface area contributed by atoms with Crippen LogP contribution >= 0.6 is 0 Å². The van der Waals surface area contributed by atoms with Crippen LogP contribution in [0.15, 0.2) is 48.6 Å². The van der Waals surface area contributed by atoms with Gasteiger partial charge in [0.05, 0.1) is 0 Å². The molecule has 3 rings (SSSR count). The van der Waals surface area contributed by atoms with Gasteiger partial charge in [-0.15, -0.1) is 5.06 Å². The normalized spacial score (nSPS) is 15.1. The number of Topliss-reactive ketones (excluding diaryl/α,β-unsaturated/α-hetero) is 1. The van der Waals surface area contributed by atoms with Gasteiger partial charge in [-0.3, -0.25) is 14.4 Å². The minimum absolute atomic E-state index is 0.137. The molecule has 0 aromatic carbocycles. The number of imide groups is 1. The van der Waals surface area contributed by atoms with Crippen molar-refractivity contribution < 1.29 is 24.0 Å². The molecule has 1 heterocycles. The minimum atomic E-state index is -0.536. The highest BCUT2D eigenvalue weighted by molar-refractivity contribution is 6.01. The fraction of sp³-hybridized carbons (Fsp3) is 0.500. The van der Waals surface area contributed by atoms with E-state index >= 15 is 0 Å². The number of hydrogen-bond acceptors (Lipinski definition) is 5. The van der Waals surface area contributed by atoms with Crippen molar-refractivity contribution in [3.8, 4) is 0 Å².